The number of hydrogen-bond acceptors (Lipinski definition) is 7. The maximum Gasteiger partial charge on any atom is 0.315 e. The number of nitrogens with one attached hydrogen (secondary N) is 1. The van der Waals surface area contributed by atoms with Gasteiger partial charge in [0, 0.05) is 37.2 Å². The van der Waals surface area contributed by atoms with Gasteiger partial charge in [0.1, 0.15) is 6.61 Å². The van der Waals surface area contributed by atoms with E-state index in [0.717, 1.165) is 36.3 Å². The van der Waals surface area contributed by atoms with E-state index in [1.165, 1.54) is 7.11 Å². The Hall–Kier alpha value is -3.13. The van der Waals surface area contributed by atoms with E-state index in [0.29, 0.717) is 5.75 Å². The quantitative estimate of drug-likeness (QED) is 0.596. The van der Waals surface area contributed by atoms with Gasteiger partial charge >= 0.3 is 5.69 Å². The van der Waals surface area contributed by atoms with Gasteiger partial charge in [-0.1, -0.05) is 30.3 Å². The SMILES string of the molecule is COc1cc(C2NN=C3CCN(C)CC32)cc([N+](=O)[O-])c1OCc1ccccc1. The molecule has 29 heavy (non-hydrogen) atoms. The van der Waals surface area contributed by atoms with Gasteiger partial charge in [0.05, 0.1) is 18.1 Å². The van der Waals surface area contributed by atoms with E-state index < -0.39 is 4.92 Å². The van der Waals surface area contributed by atoms with Crippen LogP contribution in [0.25, 0.3) is 0 Å². The number of ether oxygens (including phenoxy) is 2. The molecular weight excluding hydrogens is 372 g/mol. The molecule has 2 aromatic rings. The van der Waals surface area contributed by atoms with Gasteiger partial charge in [0.2, 0.25) is 5.75 Å². The third kappa shape index (κ3) is 3.88. The molecule has 152 valence electrons. The number of fused-ring (bicyclic) bond motifs is 1. The molecule has 0 bridgehead atoms. The summed E-state index contributed by atoms with van der Waals surface area (Å²) in [6.45, 7) is 2.05. The van der Waals surface area contributed by atoms with Crippen LogP contribution < -0.4 is 14.9 Å². The second-order valence-corrected chi connectivity index (χ2v) is 7.43. The van der Waals surface area contributed by atoms with E-state index >= 15 is 0 Å². The number of hydrogen-bond donors (Lipinski definition) is 1. The zero-order valence-electron chi connectivity index (χ0n) is 16.5. The fourth-order valence-electron chi connectivity index (χ4n) is 3.96. The molecular formula is C21H24N4O4. The highest BCUT2D eigenvalue weighted by atomic mass is 16.6. The van der Waals surface area contributed by atoms with Crippen molar-refractivity contribution in [2.45, 2.75) is 19.1 Å². The first-order valence-electron chi connectivity index (χ1n) is 9.60. The van der Waals surface area contributed by atoms with Gasteiger partial charge in [-0.25, -0.2) is 0 Å². The maximum absolute atomic E-state index is 11.8. The Morgan fingerprint density at radius 2 is 2.10 bits per heavy atom. The summed E-state index contributed by atoms with van der Waals surface area (Å²) in [7, 11) is 3.58. The molecule has 0 aliphatic carbocycles. The summed E-state index contributed by atoms with van der Waals surface area (Å²) in [5.74, 6) is 0.684. The monoisotopic (exact) mass is 396 g/mol. The second-order valence-electron chi connectivity index (χ2n) is 7.43. The lowest BCUT2D eigenvalue weighted by molar-refractivity contribution is -0.386. The van der Waals surface area contributed by atoms with E-state index in [1.54, 1.807) is 6.07 Å². The van der Waals surface area contributed by atoms with Gasteiger partial charge in [-0.05, 0) is 24.2 Å². The number of hydrazone groups is 1. The molecule has 2 aliphatic heterocycles. The molecule has 2 heterocycles. The lowest BCUT2D eigenvalue weighted by atomic mass is 9.86. The molecule has 1 saturated heterocycles. The number of methoxy groups -OCH3 is 1. The fourth-order valence-corrected chi connectivity index (χ4v) is 3.96. The van der Waals surface area contributed by atoms with Crippen LogP contribution in [0.2, 0.25) is 0 Å². The fraction of sp³-hybridized carbons (Fsp3) is 0.381. The van der Waals surface area contributed by atoms with Crippen molar-refractivity contribution in [3.8, 4) is 11.5 Å². The number of piperidine rings is 1. The molecule has 2 aliphatic rings. The summed E-state index contributed by atoms with van der Waals surface area (Å²) in [6, 6.07) is 12.8. The second kappa shape index (κ2) is 8.08. The summed E-state index contributed by atoms with van der Waals surface area (Å²) < 4.78 is 11.3. The predicted octanol–water partition coefficient (Wildman–Crippen LogP) is 3.13. The van der Waals surface area contributed by atoms with Crippen LogP contribution in [0.5, 0.6) is 11.5 Å². The zero-order chi connectivity index (χ0) is 20.4. The molecule has 0 saturated carbocycles. The molecule has 2 aromatic carbocycles. The van der Waals surface area contributed by atoms with Crippen LogP contribution in [0.4, 0.5) is 5.69 Å². The van der Waals surface area contributed by atoms with Crippen LogP contribution in [0, 0.1) is 16.0 Å². The summed E-state index contributed by atoms with van der Waals surface area (Å²) in [6.07, 6.45) is 0.905. The van der Waals surface area contributed by atoms with Gasteiger partial charge in [0.25, 0.3) is 0 Å². The Bertz CT molecular complexity index is 932. The topological polar surface area (TPSA) is 89.2 Å². The van der Waals surface area contributed by atoms with Crippen molar-refractivity contribution in [2.24, 2.45) is 11.0 Å². The number of nitro groups is 1. The molecule has 0 aromatic heterocycles. The number of benzene rings is 2. The van der Waals surface area contributed by atoms with Crippen molar-refractivity contribution in [2.75, 3.05) is 27.2 Å². The van der Waals surface area contributed by atoms with Crippen molar-refractivity contribution in [1.29, 1.82) is 0 Å². The van der Waals surface area contributed by atoms with Crippen molar-refractivity contribution in [3.05, 3.63) is 63.7 Å². The van der Waals surface area contributed by atoms with Crippen molar-refractivity contribution < 1.29 is 14.4 Å². The Balaban J connectivity index is 1.65. The minimum atomic E-state index is -0.421. The molecule has 8 nitrogen and oxygen atoms in total. The lowest BCUT2D eigenvalue weighted by Crippen LogP contribution is -2.39. The van der Waals surface area contributed by atoms with Crippen LogP contribution >= 0.6 is 0 Å². The van der Waals surface area contributed by atoms with Crippen LogP contribution in [0.1, 0.15) is 23.6 Å². The van der Waals surface area contributed by atoms with Crippen LogP contribution in [-0.2, 0) is 6.61 Å². The third-order valence-electron chi connectivity index (χ3n) is 5.49. The first kappa shape index (κ1) is 19.2. The van der Waals surface area contributed by atoms with E-state index in [4.69, 9.17) is 9.47 Å². The van der Waals surface area contributed by atoms with Crippen molar-refractivity contribution in [1.82, 2.24) is 10.3 Å². The smallest absolute Gasteiger partial charge is 0.315 e. The van der Waals surface area contributed by atoms with E-state index in [9.17, 15) is 10.1 Å². The Morgan fingerprint density at radius 3 is 2.83 bits per heavy atom. The van der Waals surface area contributed by atoms with Gasteiger partial charge in [-0.2, -0.15) is 5.10 Å². The lowest BCUT2D eigenvalue weighted by Gasteiger charge is -2.31. The molecule has 0 amide bonds. The molecule has 2 unspecified atom stereocenters. The van der Waals surface area contributed by atoms with E-state index in [1.807, 2.05) is 36.4 Å². The van der Waals surface area contributed by atoms with E-state index in [2.05, 4.69) is 22.5 Å². The first-order valence-corrected chi connectivity index (χ1v) is 9.60. The van der Waals surface area contributed by atoms with Gasteiger partial charge in [-0.15, -0.1) is 0 Å². The Labute approximate surface area is 169 Å². The number of nitro benzene ring substituents is 1. The molecule has 1 N–H and O–H groups in total. The predicted molar refractivity (Wildman–Crippen MR) is 109 cm³/mol. The standard InChI is InChI=1S/C21H24N4O4/c1-24-9-8-17-16(12-24)20(23-22-17)15-10-18(25(26)27)21(19(11-15)28-2)29-13-14-6-4-3-5-7-14/h3-7,10-11,16,20,23H,8-9,12-13H2,1-2H3. The van der Waals surface area contributed by atoms with Crippen LogP contribution in [0.15, 0.2) is 47.6 Å². The summed E-state index contributed by atoms with van der Waals surface area (Å²) in [5.41, 5.74) is 5.90. The number of rotatable bonds is 6. The van der Waals surface area contributed by atoms with E-state index in [-0.39, 0.29) is 30.0 Å². The highest BCUT2D eigenvalue weighted by Gasteiger charge is 2.37. The van der Waals surface area contributed by atoms with Gasteiger partial charge in [-0.3, -0.25) is 10.1 Å². The molecule has 1 fully saturated rings. The minimum Gasteiger partial charge on any atom is -0.493 e. The molecule has 4 rings (SSSR count). The Morgan fingerprint density at radius 1 is 1.31 bits per heavy atom. The maximum atomic E-state index is 11.8. The first-order chi connectivity index (χ1) is 14.1. The highest BCUT2D eigenvalue weighted by Crippen LogP contribution is 2.42. The summed E-state index contributed by atoms with van der Waals surface area (Å²) >= 11 is 0. The van der Waals surface area contributed by atoms with Gasteiger partial charge < -0.3 is 19.8 Å². The molecule has 0 radical (unpaired) electrons. The zero-order valence-corrected chi connectivity index (χ0v) is 16.5. The number of likely N-dealkylation sites (tertiary alicyclic amines) is 1. The van der Waals surface area contributed by atoms with Crippen LogP contribution in [-0.4, -0.2) is 42.8 Å². The third-order valence-corrected chi connectivity index (χ3v) is 5.49. The number of nitrogens with zero attached hydrogens (tertiary/aromatic N) is 3. The average Bonchev–Trinajstić information content (AvgIpc) is 3.15. The molecule has 0 spiro atoms. The minimum absolute atomic E-state index is 0.102. The van der Waals surface area contributed by atoms with Gasteiger partial charge in [0.15, 0.2) is 5.75 Å². The molecule has 2 atom stereocenters. The summed E-state index contributed by atoms with van der Waals surface area (Å²) in [5, 5.41) is 16.3. The Kier molecular flexibility index (Phi) is 5.35. The average molecular weight is 396 g/mol. The largest absolute Gasteiger partial charge is 0.493 e. The van der Waals surface area contributed by atoms with Crippen molar-refractivity contribution in [3.63, 3.8) is 0 Å². The van der Waals surface area contributed by atoms with Crippen LogP contribution in [0.3, 0.4) is 0 Å². The molecule has 8 heteroatoms. The van der Waals surface area contributed by atoms with Crippen molar-refractivity contribution >= 4 is 11.4 Å². The normalized spacial score (nSPS) is 21.1. The summed E-state index contributed by atoms with van der Waals surface area (Å²) in [4.78, 5) is 13.7. The highest BCUT2D eigenvalue weighted by molar-refractivity contribution is 5.90.